The molecule has 11 heteroatoms. The van der Waals surface area contributed by atoms with Gasteiger partial charge in [0.05, 0.1) is 29.9 Å². The van der Waals surface area contributed by atoms with Crippen molar-refractivity contribution in [2.45, 2.75) is 32.0 Å². The number of aromatic nitrogens is 2. The van der Waals surface area contributed by atoms with Gasteiger partial charge in [0.1, 0.15) is 17.3 Å². The van der Waals surface area contributed by atoms with E-state index in [0.29, 0.717) is 10.9 Å². The predicted molar refractivity (Wildman–Crippen MR) is 131 cm³/mol. The lowest BCUT2D eigenvalue weighted by Crippen LogP contribution is -2.51. The molecule has 0 saturated carbocycles. The highest BCUT2D eigenvalue weighted by Crippen LogP contribution is 2.42. The maximum atomic E-state index is 14.8. The highest BCUT2D eigenvalue weighted by molar-refractivity contribution is 5.98. The van der Waals surface area contributed by atoms with Crippen LogP contribution in [-0.2, 0) is 12.0 Å². The van der Waals surface area contributed by atoms with E-state index in [0.717, 1.165) is 24.3 Å². The minimum Gasteiger partial charge on any atom is -0.491 e. The van der Waals surface area contributed by atoms with E-state index < -0.39 is 47.1 Å². The van der Waals surface area contributed by atoms with Crippen LogP contribution in [0.2, 0.25) is 0 Å². The first-order valence-electron chi connectivity index (χ1n) is 11.8. The highest BCUT2D eigenvalue weighted by Gasteiger charge is 2.56. The molecule has 0 bridgehead atoms. The second-order valence-electron chi connectivity index (χ2n) is 8.55. The maximum absolute atomic E-state index is 14.8. The van der Waals surface area contributed by atoms with Gasteiger partial charge in [-0.05, 0) is 61.4 Å². The molecule has 0 radical (unpaired) electrons. The van der Waals surface area contributed by atoms with Crippen molar-refractivity contribution in [2.24, 2.45) is 0 Å². The molecule has 200 valence electrons. The molecule has 0 saturated heterocycles. The number of alkyl halides is 3. The summed E-state index contributed by atoms with van der Waals surface area (Å²) in [7, 11) is 0. The SMILES string of the molecule is CCOc1c(CC)cc([C@@](O)(CNC(=O)c2ccc3cc[nH]c3c2F)C(F)(F)F)nc1-c1ccc(F)cc1. The Balaban J connectivity index is 1.77. The Kier molecular flexibility index (Phi) is 7.41. The number of halogens is 5. The van der Waals surface area contributed by atoms with Gasteiger partial charge in [0, 0.05) is 17.1 Å². The molecular formula is C27H24F5N3O3. The second kappa shape index (κ2) is 10.4. The normalized spacial score (nSPS) is 13.4. The minimum absolute atomic E-state index is 0.0217. The van der Waals surface area contributed by atoms with Crippen LogP contribution in [0.1, 0.15) is 35.5 Å². The molecule has 1 amide bonds. The fourth-order valence-electron chi connectivity index (χ4n) is 4.08. The van der Waals surface area contributed by atoms with Gasteiger partial charge in [-0.25, -0.2) is 13.8 Å². The number of amides is 1. The number of fused-ring (bicyclic) bond motifs is 1. The van der Waals surface area contributed by atoms with Gasteiger partial charge in [0.25, 0.3) is 5.91 Å². The zero-order chi connectivity index (χ0) is 27.7. The summed E-state index contributed by atoms with van der Waals surface area (Å²) >= 11 is 0. The summed E-state index contributed by atoms with van der Waals surface area (Å²) in [5, 5.41) is 13.5. The first kappa shape index (κ1) is 27.1. The standard InChI is InChI=1S/C27H24F5N3O3/c1-3-15-13-20(35-23(24(15)38-4-2)16-5-8-18(28)9-6-16)26(37,27(30,31)32)14-34-25(36)19-10-7-17-11-12-33-22(17)21(19)29/h5-13,33,37H,3-4,14H2,1-2H3,(H,34,36)/t26-/m0/s1. The molecule has 2 aromatic heterocycles. The number of aliphatic hydroxyl groups is 1. The zero-order valence-electron chi connectivity index (χ0n) is 20.4. The van der Waals surface area contributed by atoms with Crippen molar-refractivity contribution in [3.05, 3.63) is 83.2 Å². The first-order valence-corrected chi connectivity index (χ1v) is 11.8. The van der Waals surface area contributed by atoms with Crippen LogP contribution in [0.5, 0.6) is 5.75 Å². The number of benzene rings is 2. The molecule has 0 spiro atoms. The number of ether oxygens (including phenoxy) is 1. The number of carbonyl (C=O) groups is 1. The first-order chi connectivity index (χ1) is 18.0. The van der Waals surface area contributed by atoms with E-state index in [1.165, 1.54) is 24.4 Å². The topological polar surface area (TPSA) is 87.2 Å². The number of carbonyl (C=O) groups excluding carboxylic acids is 1. The van der Waals surface area contributed by atoms with Gasteiger partial charge in [-0.1, -0.05) is 13.0 Å². The Morgan fingerprint density at radius 2 is 1.79 bits per heavy atom. The Bertz CT molecular complexity index is 1470. The third-order valence-electron chi connectivity index (χ3n) is 6.14. The molecule has 38 heavy (non-hydrogen) atoms. The second-order valence-corrected chi connectivity index (χ2v) is 8.55. The molecule has 0 fully saturated rings. The van der Waals surface area contributed by atoms with Crippen molar-refractivity contribution in [3.63, 3.8) is 0 Å². The van der Waals surface area contributed by atoms with Crippen molar-refractivity contribution >= 4 is 16.8 Å². The monoisotopic (exact) mass is 533 g/mol. The molecule has 3 N–H and O–H groups in total. The minimum atomic E-state index is -5.28. The largest absolute Gasteiger partial charge is 0.491 e. The van der Waals surface area contributed by atoms with E-state index in [1.54, 1.807) is 19.9 Å². The van der Waals surface area contributed by atoms with Gasteiger partial charge in [0.15, 0.2) is 5.82 Å². The average molecular weight is 533 g/mol. The van der Waals surface area contributed by atoms with Crippen LogP contribution < -0.4 is 10.1 Å². The summed E-state index contributed by atoms with van der Waals surface area (Å²) in [5.41, 5.74) is -4.36. The van der Waals surface area contributed by atoms with Gasteiger partial charge >= 0.3 is 6.18 Å². The Morgan fingerprint density at radius 3 is 2.42 bits per heavy atom. The van der Waals surface area contributed by atoms with E-state index in [4.69, 9.17) is 4.74 Å². The number of H-pyrrole nitrogens is 1. The smallest absolute Gasteiger partial charge is 0.424 e. The average Bonchev–Trinajstić information content (AvgIpc) is 3.37. The lowest BCUT2D eigenvalue weighted by atomic mass is 9.94. The molecule has 0 aliphatic rings. The summed E-state index contributed by atoms with van der Waals surface area (Å²) in [6.07, 6.45) is -3.60. The third-order valence-corrected chi connectivity index (χ3v) is 6.14. The number of aryl methyl sites for hydroxylation is 1. The summed E-state index contributed by atoms with van der Waals surface area (Å²) in [4.78, 5) is 19.4. The number of pyridine rings is 1. The van der Waals surface area contributed by atoms with Crippen molar-refractivity contribution in [1.82, 2.24) is 15.3 Å². The summed E-state index contributed by atoms with van der Waals surface area (Å²) in [5.74, 6) is -2.45. The summed E-state index contributed by atoms with van der Waals surface area (Å²) in [6.45, 7) is 2.21. The van der Waals surface area contributed by atoms with Crippen LogP contribution in [0.4, 0.5) is 22.0 Å². The van der Waals surface area contributed by atoms with Crippen LogP contribution in [-0.4, -0.2) is 40.3 Å². The molecule has 1 atom stereocenters. The highest BCUT2D eigenvalue weighted by atomic mass is 19.4. The van der Waals surface area contributed by atoms with Gasteiger partial charge in [-0.3, -0.25) is 4.79 Å². The Morgan fingerprint density at radius 1 is 1.08 bits per heavy atom. The molecule has 0 aliphatic heterocycles. The molecular weight excluding hydrogens is 509 g/mol. The van der Waals surface area contributed by atoms with Crippen molar-refractivity contribution in [1.29, 1.82) is 0 Å². The van der Waals surface area contributed by atoms with E-state index in [2.05, 4.69) is 9.97 Å². The maximum Gasteiger partial charge on any atom is 0.424 e. The molecule has 6 nitrogen and oxygen atoms in total. The number of hydrogen-bond donors (Lipinski definition) is 3. The van der Waals surface area contributed by atoms with Gasteiger partial charge in [-0.2, -0.15) is 13.2 Å². The van der Waals surface area contributed by atoms with Crippen LogP contribution in [0.3, 0.4) is 0 Å². The predicted octanol–water partition coefficient (Wildman–Crippen LogP) is 5.65. The van der Waals surface area contributed by atoms with E-state index >= 15 is 0 Å². The Labute approximate surface area is 214 Å². The van der Waals surface area contributed by atoms with Crippen LogP contribution >= 0.6 is 0 Å². The lowest BCUT2D eigenvalue weighted by Gasteiger charge is -2.31. The molecule has 2 heterocycles. The summed E-state index contributed by atoms with van der Waals surface area (Å²) in [6, 6.07) is 10.1. The van der Waals surface area contributed by atoms with Crippen LogP contribution in [0.25, 0.3) is 22.2 Å². The fourth-order valence-corrected chi connectivity index (χ4v) is 4.08. The van der Waals surface area contributed by atoms with Crippen LogP contribution in [0, 0.1) is 11.6 Å². The van der Waals surface area contributed by atoms with E-state index in [-0.39, 0.29) is 35.6 Å². The number of aromatic amines is 1. The van der Waals surface area contributed by atoms with E-state index in [1.807, 2.05) is 5.32 Å². The number of hydrogen-bond acceptors (Lipinski definition) is 4. The molecule has 0 unspecified atom stereocenters. The summed E-state index contributed by atoms with van der Waals surface area (Å²) < 4.78 is 77.0. The molecule has 2 aromatic carbocycles. The van der Waals surface area contributed by atoms with E-state index in [9.17, 15) is 31.9 Å². The number of rotatable bonds is 8. The third kappa shape index (κ3) is 4.93. The molecule has 0 aliphatic carbocycles. The number of nitrogens with zero attached hydrogens (tertiary/aromatic N) is 1. The quantitative estimate of drug-likeness (QED) is 0.256. The lowest BCUT2D eigenvalue weighted by molar-refractivity contribution is -0.265. The van der Waals surface area contributed by atoms with Crippen LogP contribution in [0.15, 0.2) is 54.7 Å². The molecule has 4 rings (SSSR count). The van der Waals surface area contributed by atoms with Gasteiger partial charge in [0.2, 0.25) is 5.60 Å². The van der Waals surface area contributed by atoms with Gasteiger partial charge < -0.3 is 20.1 Å². The Hall–Kier alpha value is -3.99. The van der Waals surface area contributed by atoms with Crippen molar-refractivity contribution in [2.75, 3.05) is 13.2 Å². The fraction of sp³-hybridized carbons (Fsp3) is 0.259. The molecule has 4 aromatic rings. The zero-order valence-corrected chi connectivity index (χ0v) is 20.4. The number of nitrogens with one attached hydrogen (secondary N) is 2. The van der Waals surface area contributed by atoms with Crippen molar-refractivity contribution < 1.29 is 36.6 Å². The van der Waals surface area contributed by atoms with Crippen molar-refractivity contribution in [3.8, 4) is 17.0 Å². The van der Waals surface area contributed by atoms with Gasteiger partial charge in [-0.15, -0.1) is 0 Å².